The van der Waals surface area contributed by atoms with Crippen LogP contribution in [0.25, 0.3) is 0 Å². The highest BCUT2D eigenvalue weighted by Crippen LogP contribution is 2.29. The van der Waals surface area contributed by atoms with E-state index in [4.69, 9.17) is 9.47 Å². The van der Waals surface area contributed by atoms with Crippen LogP contribution in [0.3, 0.4) is 0 Å². The van der Waals surface area contributed by atoms with Crippen LogP contribution < -0.4 is 4.74 Å². The standard InChI is InChI=1S/C15H23BrO2/c1-11(2)10-17-7-8-18-15-6-5-13(16)9-14(15)12(3)4/h5-6,9,11-12H,7-8,10H2,1-4H3. The zero-order chi connectivity index (χ0) is 13.5. The van der Waals surface area contributed by atoms with Crippen molar-refractivity contribution in [3.63, 3.8) is 0 Å². The molecule has 0 aromatic heterocycles. The van der Waals surface area contributed by atoms with Gasteiger partial charge in [0, 0.05) is 11.1 Å². The average Bonchev–Trinajstić information content (AvgIpc) is 2.29. The number of rotatable bonds is 7. The van der Waals surface area contributed by atoms with Crippen molar-refractivity contribution in [2.45, 2.75) is 33.6 Å². The predicted molar refractivity (Wildman–Crippen MR) is 79.4 cm³/mol. The maximum absolute atomic E-state index is 5.79. The first-order valence-corrected chi connectivity index (χ1v) is 7.30. The molecule has 0 aliphatic carbocycles. The molecular formula is C15H23BrO2. The van der Waals surface area contributed by atoms with E-state index in [-0.39, 0.29) is 0 Å². The molecule has 102 valence electrons. The van der Waals surface area contributed by atoms with E-state index in [9.17, 15) is 0 Å². The molecule has 0 unspecified atom stereocenters. The molecule has 0 radical (unpaired) electrons. The lowest BCUT2D eigenvalue weighted by atomic mass is 10.0. The van der Waals surface area contributed by atoms with Crippen LogP contribution in [0.5, 0.6) is 5.75 Å². The summed E-state index contributed by atoms with van der Waals surface area (Å²) in [6.07, 6.45) is 0. The van der Waals surface area contributed by atoms with Gasteiger partial charge < -0.3 is 9.47 Å². The maximum atomic E-state index is 5.79. The van der Waals surface area contributed by atoms with Crippen molar-refractivity contribution < 1.29 is 9.47 Å². The van der Waals surface area contributed by atoms with Gasteiger partial charge in [0.05, 0.1) is 6.61 Å². The Morgan fingerprint density at radius 1 is 1.11 bits per heavy atom. The summed E-state index contributed by atoms with van der Waals surface area (Å²) in [5.41, 5.74) is 1.23. The minimum absolute atomic E-state index is 0.453. The molecule has 1 aromatic carbocycles. The molecule has 0 aliphatic heterocycles. The normalized spacial score (nSPS) is 11.3. The molecule has 0 atom stereocenters. The van der Waals surface area contributed by atoms with Gasteiger partial charge in [0.1, 0.15) is 12.4 Å². The Kier molecular flexibility index (Phi) is 6.72. The lowest BCUT2D eigenvalue weighted by molar-refractivity contribution is 0.0815. The zero-order valence-electron chi connectivity index (χ0n) is 11.7. The van der Waals surface area contributed by atoms with E-state index in [2.05, 4.69) is 49.7 Å². The van der Waals surface area contributed by atoms with Gasteiger partial charge in [0.15, 0.2) is 0 Å². The second-order valence-corrected chi connectivity index (χ2v) is 6.07. The lowest BCUT2D eigenvalue weighted by Crippen LogP contribution is -2.11. The molecule has 18 heavy (non-hydrogen) atoms. The predicted octanol–water partition coefficient (Wildman–Crippen LogP) is 4.62. The molecule has 0 saturated heterocycles. The Morgan fingerprint density at radius 3 is 2.44 bits per heavy atom. The molecule has 0 spiro atoms. The van der Waals surface area contributed by atoms with Gasteiger partial charge in [-0.3, -0.25) is 0 Å². The average molecular weight is 315 g/mol. The van der Waals surface area contributed by atoms with E-state index in [1.807, 2.05) is 12.1 Å². The second-order valence-electron chi connectivity index (χ2n) is 5.15. The molecule has 0 heterocycles. The molecule has 0 saturated carbocycles. The van der Waals surface area contributed by atoms with Crippen molar-refractivity contribution in [2.24, 2.45) is 5.92 Å². The van der Waals surface area contributed by atoms with Gasteiger partial charge in [-0.15, -0.1) is 0 Å². The van der Waals surface area contributed by atoms with E-state index in [0.717, 1.165) is 16.8 Å². The molecule has 1 rings (SSSR count). The summed E-state index contributed by atoms with van der Waals surface area (Å²) in [5, 5.41) is 0. The number of benzene rings is 1. The van der Waals surface area contributed by atoms with E-state index < -0.39 is 0 Å². The van der Waals surface area contributed by atoms with E-state index in [1.54, 1.807) is 0 Å². The third-order valence-electron chi connectivity index (χ3n) is 2.53. The first-order chi connectivity index (χ1) is 8.50. The van der Waals surface area contributed by atoms with Crippen LogP contribution in [0.15, 0.2) is 22.7 Å². The molecule has 1 aromatic rings. The molecule has 0 bridgehead atoms. The minimum Gasteiger partial charge on any atom is -0.491 e. The van der Waals surface area contributed by atoms with Crippen LogP contribution in [-0.4, -0.2) is 19.8 Å². The number of halogens is 1. The smallest absolute Gasteiger partial charge is 0.122 e. The monoisotopic (exact) mass is 314 g/mol. The number of hydrogen-bond donors (Lipinski definition) is 0. The van der Waals surface area contributed by atoms with E-state index >= 15 is 0 Å². The molecule has 0 aliphatic rings. The highest BCUT2D eigenvalue weighted by Gasteiger charge is 2.08. The first kappa shape index (κ1) is 15.5. The SMILES string of the molecule is CC(C)COCCOc1ccc(Br)cc1C(C)C. The largest absolute Gasteiger partial charge is 0.491 e. The molecular weight excluding hydrogens is 292 g/mol. The van der Waals surface area contributed by atoms with Gasteiger partial charge in [0.2, 0.25) is 0 Å². The van der Waals surface area contributed by atoms with Crippen molar-refractivity contribution in [3.8, 4) is 5.75 Å². The number of ether oxygens (including phenoxy) is 2. The first-order valence-electron chi connectivity index (χ1n) is 6.50. The van der Waals surface area contributed by atoms with Crippen LogP contribution in [0, 0.1) is 5.92 Å². The summed E-state index contributed by atoms with van der Waals surface area (Å²) in [6, 6.07) is 6.15. The molecule has 0 fully saturated rings. The zero-order valence-corrected chi connectivity index (χ0v) is 13.3. The summed E-state index contributed by atoms with van der Waals surface area (Å²) in [7, 11) is 0. The van der Waals surface area contributed by atoms with Crippen LogP contribution in [0.2, 0.25) is 0 Å². The summed E-state index contributed by atoms with van der Waals surface area (Å²) in [5.74, 6) is 1.99. The minimum atomic E-state index is 0.453. The summed E-state index contributed by atoms with van der Waals surface area (Å²) in [6.45, 7) is 10.7. The van der Waals surface area contributed by atoms with Crippen molar-refractivity contribution in [2.75, 3.05) is 19.8 Å². The Morgan fingerprint density at radius 2 is 1.83 bits per heavy atom. The van der Waals surface area contributed by atoms with Gasteiger partial charge in [-0.2, -0.15) is 0 Å². The Hall–Kier alpha value is -0.540. The van der Waals surface area contributed by atoms with Crippen LogP contribution in [0.1, 0.15) is 39.2 Å². The topological polar surface area (TPSA) is 18.5 Å². The summed E-state index contributed by atoms with van der Waals surface area (Å²) in [4.78, 5) is 0. The highest BCUT2D eigenvalue weighted by molar-refractivity contribution is 9.10. The molecule has 2 nitrogen and oxygen atoms in total. The lowest BCUT2D eigenvalue weighted by Gasteiger charge is -2.15. The van der Waals surface area contributed by atoms with Crippen LogP contribution >= 0.6 is 15.9 Å². The van der Waals surface area contributed by atoms with Crippen molar-refractivity contribution in [1.29, 1.82) is 0 Å². The van der Waals surface area contributed by atoms with Crippen LogP contribution in [0.4, 0.5) is 0 Å². The fourth-order valence-corrected chi connectivity index (χ4v) is 2.01. The Bertz CT molecular complexity index is 362. The quantitative estimate of drug-likeness (QED) is 0.683. The Labute approximate surface area is 119 Å². The number of hydrogen-bond acceptors (Lipinski definition) is 2. The van der Waals surface area contributed by atoms with Crippen molar-refractivity contribution in [1.82, 2.24) is 0 Å². The van der Waals surface area contributed by atoms with Gasteiger partial charge in [0.25, 0.3) is 0 Å². The van der Waals surface area contributed by atoms with Gasteiger partial charge in [-0.1, -0.05) is 43.6 Å². The highest BCUT2D eigenvalue weighted by atomic mass is 79.9. The Balaban J connectivity index is 2.46. The van der Waals surface area contributed by atoms with Gasteiger partial charge >= 0.3 is 0 Å². The van der Waals surface area contributed by atoms with E-state index in [1.165, 1.54) is 5.56 Å². The molecule has 0 amide bonds. The van der Waals surface area contributed by atoms with Gasteiger partial charge in [-0.05, 0) is 35.6 Å². The summed E-state index contributed by atoms with van der Waals surface area (Å²) >= 11 is 3.49. The molecule has 0 N–H and O–H groups in total. The molecule has 3 heteroatoms. The van der Waals surface area contributed by atoms with Crippen molar-refractivity contribution in [3.05, 3.63) is 28.2 Å². The second kappa shape index (κ2) is 7.80. The maximum Gasteiger partial charge on any atom is 0.122 e. The third kappa shape index (κ3) is 5.40. The van der Waals surface area contributed by atoms with Gasteiger partial charge in [-0.25, -0.2) is 0 Å². The van der Waals surface area contributed by atoms with Crippen LogP contribution in [-0.2, 0) is 4.74 Å². The third-order valence-corrected chi connectivity index (χ3v) is 3.02. The van der Waals surface area contributed by atoms with E-state index in [0.29, 0.717) is 25.0 Å². The fraction of sp³-hybridized carbons (Fsp3) is 0.600. The fourth-order valence-electron chi connectivity index (χ4n) is 1.63. The van der Waals surface area contributed by atoms with Crippen molar-refractivity contribution >= 4 is 15.9 Å². The summed E-state index contributed by atoms with van der Waals surface area (Å²) < 4.78 is 12.4.